The molecule has 3 aromatic heterocycles. The maximum Gasteiger partial charge on any atom is 0.238 e. The van der Waals surface area contributed by atoms with E-state index in [-0.39, 0.29) is 5.91 Å². The zero-order valence-corrected chi connectivity index (χ0v) is 19.8. The average Bonchev–Trinajstić information content (AvgIpc) is 3.49. The van der Waals surface area contributed by atoms with E-state index in [0.717, 1.165) is 46.9 Å². The summed E-state index contributed by atoms with van der Waals surface area (Å²) in [5.74, 6) is -0.144. The molecule has 1 aromatic carbocycles. The van der Waals surface area contributed by atoms with Crippen LogP contribution in [0.15, 0.2) is 42.1 Å². The fourth-order valence-electron chi connectivity index (χ4n) is 4.31. The number of fused-ring (bicyclic) bond motifs is 4. The van der Waals surface area contributed by atoms with Crippen molar-refractivity contribution in [1.82, 2.24) is 19.7 Å². The summed E-state index contributed by atoms with van der Waals surface area (Å²) in [6, 6.07) is 10.3. The number of benzene rings is 1. The lowest BCUT2D eigenvalue weighted by atomic mass is 10.1. The second-order valence-electron chi connectivity index (χ2n) is 7.86. The van der Waals surface area contributed by atoms with Crippen LogP contribution in [0.4, 0.5) is 5.00 Å². The molecule has 1 aliphatic carbocycles. The van der Waals surface area contributed by atoms with E-state index in [1.54, 1.807) is 0 Å². The van der Waals surface area contributed by atoms with E-state index in [1.807, 2.05) is 37.3 Å². The minimum atomic E-state index is -0.398. The lowest BCUT2D eigenvalue weighted by Gasteiger charge is -2.13. The number of thioether (sulfide) groups is 1. The molecule has 1 amide bonds. The molecule has 0 bridgehead atoms. The predicted octanol–water partition coefficient (Wildman–Crippen LogP) is 5.10. The van der Waals surface area contributed by atoms with Gasteiger partial charge in [-0.15, -0.1) is 28.1 Å². The minimum absolute atomic E-state index is 0.144. The number of anilines is 1. The minimum Gasteiger partial charge on any atom is -0.320 e. The molecule has 0 fully saturated rings. The van der Waals surface area contributed by atoms with Crippen LogP contribution in [0.5, 0.6) is 0 Å². The summed E-state index contributed by atoms with van der Waals surface area (Å²) in [6.45, 7) is 6.42. The molecule has 7 nitrogen and oxygen atoms in total. The number of nitrogens with zero attached hydrogens (tertiary/aromatic N) is 5. The Balaban J connectivity index is 1.43. The van der Waals surface area contributed by atoms with Crippen molar-refractivity contribution in [2.45, 2.75) is 49.6 Å². The van der Waals surface area contributed by atoms with Crippen LogP contribution in [-0.4, -0.2) is 30.9 Å². The molecule has 0 spiro atoms. The molecule has 0 radical (unpaired) electrons. The Kier molecular flexibility index (Phi) is 5.87. The summed E-state index contributed by atoms with van der Waals surface area (Å²) in [7, 11) is 0. The topological polar surface area (TPSA) is 96.5 Å². The van der Waals surface area contributed by atoms with E-state index >= 15 is 0 Å². The Bertz CT molecular complexity index is 1430. The average molecular weight is 475 g/mol. The number of hydrogen-bond acceptors (Lipinski definition) is 7. The van der Waals surface area contributed by atoms with Crippen molar-refractivity contribution in [3.05, 3.63) is 52.9 Å². The second kappa shape index (κ2) is 8.96. The zero-order chi connectivity index (χ0) is 22.9. The van der Waals surface area contributed by atoms with Crippen LogP contribution in [0.25, 0.3) is 22.1 Å². The van der Waals surface area contributed by atoms with Crippen molar-refractivity contribution >= 4 is 56.1 Å². The standard InChI is InChI=1S/C24H22N6OS2/c1-3-12-30-17-10-6-5-8-15(17)20-21(30)26-24(29-28-20)33-18(4-2)22(31)27-23-16(13-25)14-9-7-11-19(14)32-23/h3,5-6,8,10,18H,1,4,7,9,11-12H2,2H3,(H,27,31). The van der Waals surface area contributed by atoms with Gasteiger partial charge in [-0.25, -0.2) is 4.98 Å². The zero-order valence-electron chi connectivity index (χ0n) is 18.2. The van der Waals surface area contributed by atoms with Gasteiger partial charge in [0.15, 0.2) is 5.65 Å². The van der Waals surface area contributed by atoms with Gasteiger partial charge in [0.25, 0.3) is 0 Å². The molecule has 1 unspecified atom stereocenters. The van der Waals surface area contributed by atoms with Crippen LogP contribution < -0.4 is 5.32 Å². The van der Waals surface area contributed by atoms with E-state index < -0.39 is 5.25 Å². The molecule has 3 heterocycles. The SMILES string of the molecule is C=CCn1c2ccccc2c2nnc(SC(CC)C(=O)Nc3sc4c(c3C#N)CCC4)nc21. The highest BCUT2D eigenvalue weighted by Gasteiger charge is 2.26. The first-order valence-electron chi connectivity index (χ1n) is 10.9. The van der Waals surface area contributed by atoms with Crippen LogP contribution in [0.2, 0.25) is 0 Å². The number of carbonyl (C=O) groups excluding carboxylic acids is 1. The molecule has 1 N–H and O–H groups in total. The number of aryl methyl sites for hydroxylation is 1. The largest absolute Gasteiger partial charge is 0.320 e. The number of rotatable bonds is 7. The van der Waals surface area contributed by atoms with E-state index in [9.17, 15) is 10.1 Å². The highest BCUT2D eigenvalue weighted by atomic mass is 32.2. The molecule has 0 saturated heterocycles. The maximum absolute atomic E-state index is 13.1. The van der Waals surface area contributed by atoms with Crippen molar-refractivity contribution in [1.29, 1.82) is 5.26 Å². The Morgan fingerprint density at radius 3 is 3.03 bits per heavy atom. The van der Waals surface area contributed by atoms with Crippen molar-refractivity contribution in [2.75, 3.05) is 5.32 Å². The molecule has 1 aliphatic rings. The normalized spacial score (nSPS) is 13.7. The fraction of sp³-hybridized carbons (Fsp3) is 0.292. The Hall–Kier alpha value is -3.22. The van der Waals surface area contributed by atoms with Crippen LogP contribution in [-0.2, 0) is 24.2 Å². The first-order chi connectivity index (χ1) is 16.1. The molecule has 4 aromatic rings. The lowest BCUT2D eigenvalue weighted by molar-refractivity contribution is -0.115. The third-order valence-electron chi connectivity index (χ3n) is 5.85. The number of thiophene rings is 1. The van der Waals surface area contributed by atoms with Gasteiger partial charge >= 0.3 is 0 Å². The molecule has 5 rings (SSSR count). The number of allylic oxidation sites excluding steroid dienone is 1. The lowest BCUT2D eigenvalue weighted by Crippen LogP contribution is -2.25. The summed E-state index contributed by atoms with van der Waals surface area (Å²) in [5, 5.41) is 23.1. The van der Waals surface area contributed by atoms with E-state index in [2.05, 4.69) is 32.7 Å². The van der Waals surface area contributed by atoms with Gasteiger partial charge in [0.1, 0.15) is 16.6 Å². The first kappa shape index (κ1) is 21.6. The molecule has 0 saturated carbocycles. The van der Waals surface area contributed by atoms with Crippen LogP contribution in [0, 0.1) is 11.3 Å². The number of aromatic nitrogens is 4. The van der Waals surface area contributed by atoms with E-state index in [0.29, 0.717) is 28.7 Å². The summed E-state index contributed by atoms with van der Waals surface area (Å²) in [5.41, 5.74) is 4.21. The fourth-order valence-corrected chi connectivity index (χ4v) is 6.36. The predicted molar refractivity (Wildman–Crippen MR) is 133 cm³/mol. The monoisotopic (exact) mass is 474 g/mol. The quantitative estimate of drug-likeness (QED) is 0.296. The number of nitriles is 1. The van der Waals surface area contributed by atoms with Crippen molar-refractivity contribution in [3.63, 3.8) is 0 Å². The summed E-state index contributed by atoms with van der Waals surface area (Å²) in [6.07, 6.45) is 5.39. The summed E-state index contributed by atoms with van der Waals surface area (Å²) < 4.78 is 2.06. The Morgan fingerprint density at radius 2 is 2.24 bits per heavy atom. The van der Waals surface area contributed by atoms with Crippen LogP contribution >= 0.6 is 23.1 Å². The smallest absolute Gasteiger partial charge is 0.238 e. The Labute approximate surface area is 199 Å². The number of nitrogens with one attached hydrogen (secondary N) is 1. The number of carbonyl (C=O) groups is 1. The molecular weight excluding hydrogens is 452 g/mol. The van der Waals surface area contributed by atoms with Gasteiger partial charge in [-0.1, -0.05) is 43.0 Å². The molecule has 1 atom stereocenters. The van der Waals surface area contributed by atoms with Crippen LogP contribution in [0.3, 0.4) is 0 Å². The molecular formula is C24H22N6OS2. The third-order valence-corrected chi connectivity index (χ3v) is 8.27. The number of hydrogen-bond donors (Lipinski definition) is 1. The van der Waals surface area contributed by atoms with Crippen molar-refractivity contribution in [3.8, 4) is 6.07 Å². The summed E-state index contributed by atoms with van der Waals surface area (Å²) >= 11 is 2.82. The van der Waals surface area contributed by atoms with Gasteiger partial charge in [0, 0.05) is 16.8 Å². The maximum atomic E-state index is 13.1. The number of para-hydroxylation sites is 1. The molecule has 166 valence electrons. The highest BCUT2D eigenvalue weighted by Crippen LogP contribution is 2.39. The van der Waals surface area contributed by atoms with Gasteiger partial charge in [-0.2, -0.15) is 5.26 Å². The van der Waals surface area contributed by atoms with Gasteiger partial charge in [-0.05, 0) is 37.3 Å². The van der Waals surface area contributed by atoms with Crippen molar-refractivity contribution < 1.29 is 4.79 Å². The van der Waals surface area contributed by atoms with E-state index in [1.165, 1.54) is 28.0 Å². The molecule has 9 heteroatoms. The second-order valence-corrected chi connectivity index (χ2v) is 10.1. The third kappa shape index (κ3) is 3.79. The summed E-state index contributed by atoms with van der Waals surface area (Å²) in [4.78, 5) is 19.1. The number of amides is 1. The van der Waals surface area contributed by atoms with Crippen molar-refractivity contribution in [2.24, 2.45) is 0 Å². The van der Waals surface area contributed by atoms with Gasteiger partial charge < -0.3 is 9.88 Å². The van der Waals surface area contributed by atoms with Gasteiger partial charge in [0.05, 0.1) is 16.3 Å². The molecule has 0 aliphatic heterocycles. The van der Waals surface area contributed by atoms with Gasteiger partial charge in [0.2, 0.25) is 11.1 Å². The molecule has 33 heavy (non-hydrogen) atoms. The van der Waals surface area contributed by atoms with Gasteiger partial charge in [-0.3, -0.25) is 4.79 Å². The first-order valence-corrected chi connectivity index (χ1v) is 12.6. The van der Waals surface area contributed by atoms with Crippen LogP contribution in [0.1, 0.15) is 35.8 Å². The van der Waals surface area contributed by atoms with E-state index in [4.69, 9.17) is 4.98 Å². The highest BCUT2D eigenvalue weighted by molar-refractivity contribution is 8.00. The Morgan fingerprint density at radius 1 is 1.39 bits per heavy atom.